The summed E-state index contributed by atoms with van der Waals surface area (Å²) in [6.45, 7) is 0. The summed E-state index contributed by atoms with van der Waals surface area (Å²) in [6.07, 6.45) is 2.11. The first-order valence-electron chi connectivity index (χ1n) is 6.99. The van der Waals surface area contributed by atoms with Crippen molar-refractivity contribution in [3.63, 3.8) is 0 Å². The van der Waals surface area contributed by atoms with Crippen LogP contribution < -0.4 is 5.32 Å². The van der Waals surface area contributed by atoms with Gasteiger partial charge in [0.05, 0.1) is 0 Å². The normalized spacial score (nSPS) is 16.4. The fraction of sp³-hybridized carbons (Fsp3) is 0.0625. The quantitative estimate of drug-likeness (QED) is 0.717. The first-order valence-corrected chi connectivity index (χ1v) is 8.16. The van der Waals surface area contributed by atoms with Crippen LogP contribution in [0.1, 0.15) is 17.2 Å². The maximum atomic E-state index is 5.99. The Labute approximate surface area is 146 Å². The van der Waals surface area contributed by atoms with Gasteiger partial charge in [-0.2, -0.15) is 4.68 Å². The number of tetrazole rings is 1. The van der Waals surface area contributed by atoms with E-state index in [1.54, 1.807) is 4.68 Å². The number of nitrogens with one attached hydrogen (secondary N) is 1. The molecule has 0 spiro atoms. The lowest BCUT2D eigenvalue weighted by molar-refractivity contribution is 0.586. The van der Waals surface area contributed by atoms with Gasteiger partial charge in [0.15, 0.2) is 0 Å². The van der Waals surface area contributed by atoms with Gasteiger partial charge in [-0.25, -0.2) is 0 Å². The standard InChI is InChI=1S/C16H11BrClN5/c17-12-5-1-10(2-6-12)14-9-15(11-3-7-13(18)8-4-11)23-16(19-14)20-21-22-23/h1-9,15H,(H,19,20,22). The minimum absolute atomic E-state index is 0.0860. The second-order valence-corrected chi connectivity index (χ2v) is 6.51. The second-order valence-electron chi connectivity index (χ2n) is 5.16. The lowest BCUT2D eigenvalue weighted by Crippen LogP contribution is -2.20. The first-order chi connectivity index (χ1) is 11.2. The fourth-order valence-corrected chi connectivity index (χ4v) is 2.94. The van der Waals surface area contributed by atoms with Gasteiger partial charge < -0.3 is 5.32 Å². The third-order valence-corrected chi connectivity index (χ3v) is 4.47. The molecule has 3 aromatic rings. The fourth-order valence-electron chi connectivity index (χ4n) is 2.55. The lowest BCUT2D eigenvalue weighted by Gasteiger charge is -2.23. The smallest absolute Gasteiger partial charge is 0.248 e. The van der Waals surface area contributed by atoms with Crippen molar-refractivity contribution in [1.29, 1.82) is 0 Å². The summed E-state index contributed by atoms with van der Waals surface area (Å²) in [5.74, 6) is 0.616. The highest BCUT2D eigenvalue weighted by atomic mass is 79.9. The summed E-state index contributed by atoms with van der Waals surface area (Å²) < 4.78 is 2.79. The Morgan fingerprint density at radius 2 is 1.78 bits per heavy atom. The maximum Gasteiger partial charge on any atom is 0.248 e. The van der Waals surface area contributed by atoms with Gasteiger partial charge in [-0.15, -0.1) is 0 Å². The van der Waals surface area contributed by atoms with Crippen LogP contribution in [0.4, 0.5) is 5.95 Å². The second kappa shape index (κ2) is 5.79. The van der Waals surface area contributed by atoms with Crippen LogP contribution >= 0.6 is 27.5 Å². The van der Waals surface area contributed by atoms with Gasteiger partial charge in [-0.05, 0) is 51.9 Å². The Bertz CT molecular complexity index is 870. The van der Waals surface area contributed by atoms with Crippen LogP contribution in [0, 0.1) is 0 Å². The number of fused-ring (bicyclic) bond motifs is 1. The van der Waals surface area contributed by atoms with Gasteiger partial charge in [-0.1, -0.05) is 56.9 Å². The number of aromatic nitrogens is 4. The van der Waals surface area contributed by atoms with Crippen molar-refractivity contribution in [1.82, 2.24) is 20.2 Å². The zero-order valence-electron chi connectivity index (χ0n) is 11.8. The maximum absolute atomic E-state index is 5.99. The van der Waals surface area contributed by atoms with Gasteiger partial charge in [-0.3, -0.25) is 0 Å². The van der Waals surface area contributed by atoms with E-state index < -0.39 is 0 Å². The summed E-state index contributed by atoms with van der Waals surface area (Å²) in [6, 6.07) is 15.7. The van der Waals surface area contributed by atoms with Crippen LogP contribution in [0.5, 0.6) is 0 Å². The summed E-state index contributed by atoms with van der Waals surface area (Å²) >= 11 is 9.45. The zero-order chi connectivity index (χ0) is 15.8. The van der Waals surface area contributed by atoms with E-state index in [-0.39, 0.29) is 6.04 Å². The highest BCUT2D eigenvalue weighted by molar-refractivity contribution is 9.10. The van der Waals surface area contributed by atoms with Gasteiger partial charge in [0, 0.05) is 15.2 Å². The monoisotopic (exact) mass is 387 g/mol. The van der Waals surface area contributed by atoms with E-state index in [9.17, 15) is 0 Å². The highest BCUT2D eigenvalue weighted by Gasteiger charge is 2.24. The van der Waals surface area contributed by atoms with Crippen LogP contribution in [0.25, 0.3) is 5.70 Å². The Morgan fingerprint density at radius 3 is 2.52 bits per heavy atom. The number of nitrogens with zero attached hydrogens (tertiary/aromatic N) is 4. The van der Waals surface area contributed by atoms with Crippen molar-refractivity contribution in [3.05, 3.63) is 75.2 Å². The van der Waals surface area contributed by atoms with E-state index >= 15 is 0 Å². The first kappa shape index (κ1) is 14.4. The molecule has 0 amide bonds. The molecule has 0 radical (unpaired) electrons. The van der Waals surface area contributed by atoms with Gasteiger partial charge in [0.1, 0.15) is 6.04 Å². The summed E-state index contributed by atoms with van der Waals surface area (Å²) in [7, 11) is 0. The molecule has 1 N–H and O–H groups in total. The van der Waals surface area contributed by atoms with E-state index in [1.807, 2.05) is 48.5 Å². The molecule has 114 valence electrons. The molecule has 4 rings (SSSR count). The largest absolute Gasteiger partial charge is 0.323 e. The van der Waals surface area contributed by atoms with Crippen LogP contribution in [0.2, 0.25) is 5.02 Å². The average molecular weight is 389 g/mol. The van der Waals surface area contributed by atoms with Gasteiger partial charge in [0.25, 0.3) is 0 Å². The van der Waals surface area contributed by atoms with Crippen molar-refractivity contribution >= 4 is 39.2 Å². The molecular formula is C16H11BrClN5. The predicted octanol–water partition coefficient (Wildman–Crippen LogP) is 4.15. The van der Waals surface area contributed by atoms with Gasteiger partial charge >= 0.3 is 0 Å². The van der Waals surface area contributed by atoms with Crippen molar-refractivity contribution in [2.45, 2.75) is 6.04 Å². The van der Waals surface area contributed by atoms with Gasteiger partial charge in [0.2, 0.25) is 5.95 Å². The Kier molecular flexibility index (Phi) is 3.63. The van der Waals surface area contributed by atoms with Crippen LogP contribution in [0.15, 0.2) is 59.1 Å². The molecule has 0 fully saturated rings. The Hall–Kier alpha value is -2.18. The van der Waals surface area contributed by atoms with Crippen LogP contribution in [0.3, 0.4) is 0 Å². The summed E-state index contributed by atoms with van der Waals surface area (Å²) in [5.41, 5.74) is 3.11. The molecule has 7 heteroatoms. The highest BCUT2D eigenvalue weighted by Crippen LogP contribution is 2.32. The van der Waals surface area contributed by atoms with E-state index in [0.717, 1.165) is 21.3 Å². The molecule has 2 heterocycles. The minimum atomic E-state index is -0.0860. The lowest BCUT2D eigenvalue weighted by atomic mass is 10.0. The summed E-state index contributed by atoms with van der Waals surface area (Å²) in [4.78, 5) is 0. The molecule has 1 unspecified atom stereocenters. The molecule has 5 nitrogen and oxygen atoms in total. The van der Waals surface area contributed by atoms with Crippen molar-refractivity contribution < 1.29 is 0 Å². The van der Waals surface area contributed by atoms with E-state index in [1.165, 1.54) is 0 Å². The van der Waals surface area contributed by atoms with E-state index in [2.05, 4.69) is 42.8 Å². The molecule has 0 saturated carbocycles. The molecule has 1 aliphatic rings. The average Bonchev–Trinajstić information content (AvgIpc) is 3.04. The molecule has 23 heavy (non-hydrogen) atoms. The van der Waals surface area contributed by atoms with Crippen LogP contribution in [-0.4, -0.2) is 20.2 Å². The number of hydrogen-bond acceptors (Lipinski definition) is 4. The number of benzene rings is 2. The van der Waals surface area contributed by atoms with Crippen LogP contribution in [-0.2, 0) is 0 Å². The number of halogens is 2. The third kappa shape index (κ3) is 2.75. The summed E-state index contributed by atoms with van der Waals surface area (Å²) in [5, 5.41) is 15.9. The number of allylic oxidation sites excluding steroid dienone is 1. The number of hydrogen-bond donors (Lipinski definition) is 1. The molecule has 2 aromatic carbocycles. The third-order valence-electron chi connectivity index (χ3n) is 3.69. The van der Waals surface area contributed by atoms with E-state index in [4.69, 9.17) is 11.6 Å². The SMILES string of the molecule is Clc1ccc(C2C=C(c3ccc(Br)cc3)Nc3nnnn32)cc1. The number of rotatable bonds is 2. The van der Waals surface area contributed by atoms with Crippen molar-refractivity contribution in [2.75, 3.05) is 5.32 Å². The van der Waals surface area contributed by atoms with Crippen molar-refractivity contribution in [3.8, 4) is 0 Å². The Balaban J connectivity index is 1.79. The topological polar surface area (TPSA) is 55.6 Å². The minimum Gasteiger partial charge on any atom is -0.323 e. The van der Waals surface area contributed by atoms with E-state index in [0.29, 0.717) is 11.0 Å². The zero-order valence-corrected chi connectivity index (χ0v) is 14.2. The molecule has 1 atom stereocenters. The van der Waals surface area contributed by atoms with Crippen molar-refractivity contribution in [2.24, 2.45) is 0 Å². The molecular weight excluding hydrogens is 378 g/mol. The molecule has 0 bridgehead atoms. The molecule has 1 aliphatic heterocycles. The Morgan fingerprint density at radius 1 is 1.04 bits per heavy atom. The molecule has 0 saturated heterocycles. The predicted molar refractivity (Wildman–Crippen MR) is 93.1 cm³/mol. The molecule has 0 aliphatic carbocycles. The molecule has 1 aromatic heterocycles. The number of anilines is 1.